The average molecular weight is 449 g/mol. The lowest BCUT2D eigenvalue weighted by atomic mass is 10.2. The van der Waals surface area contributed by atoms with Gasteiger partial charge >= 0.3 is 0 Å². The minimum atomic E-state index is -0.200. The predicted octanol–water partition coefficient (Wildman–Crippen LogP) is 5.10. The SMILES string of the molecule is O=C1/C(=C\c2ccco2)SC(=S)N1CCC(=O)N(Cc1ccccc1)c1ccccc1. The number of para-hydroxylation sites is 1. The number of carbonyl (C=O) groups excluding carboxylic acids is 2. The summed E-state index contributed by atoms with van der Waals surface area (Å²) in [5.41, 5.74) is 1.85. The van der Waals surface area contributed by atoms with Gasteiger partial charge in [-0.15, -0.1) is 0 Å². The van der Waals surface area contributed by atoms with Gasteiger partial charge in [0.1, 0.15) is 10.1 Å². The molecule has 0 saturated carbocycles. The van der Waals surface area contributed by atoms with Gasteiger partial charge in [0.25, 0.3) is 5.91 Å². The molecule has 156 valence electrons. The van der Waals surface area contributed by atoms with Crippen LogP contribution in [0.2, 0.25) is 0 Å². The van der Waals surface area contributed by atoms with Gasteiger partial charge in [0.05, 0.1) is 17.7 Å². The molecule has 0 spiro atoms. The highest BCUT2D eigenvalue weighted by molar-refractivity contribution is 8.26. The number of benzene rings is 2. The molecule has 1 aliphatic heterocycles. The standard InChI is InChI=1S/C24H20N2O3S2/c27-22(26(19-10-5-2-6-11-19)17-18-8-3-1-4-9-18)13-14-25-23(28)21(31-24(25)30)16-20-12-7-15-29-20/h1-12,15-16H,13-14,17H2/b21-16+. The van der Waals surface area contributed by atoms with Crippen LogP contribution in [0.3, 0.4) is 0 Å². The number of hydrogen-bond donors (Lipinski definition) is 0. The van der Waals surface area contributed by atoms with Crippen LogP contribution in [0.4, 0.5) is 5.69 Å². The quantitative estimate of drug-likeness (QED) is 0.372. The molecule has 1 saturated heterocycles. The molecule has 0 bridgehead atoms. The van der Waals surface area contributed by atoms with E-state index in [2.05, 4.69) is 0 Å². The number of rotatable bonds is 7. The Labute approximate surface area is 190 Å². The molecule has 1 fully saturated rings. The summed E-state index contributed by atoms with van der Waals surface area (Å²) in [5, 5.41) is 0. The van der Waals surface area contributed by atoms with Crippen molar-refractivity contribution in [3.8, 4) is 0 Å². The largest absolute Gasteiger partial charge is 0.465 e. The van der Waals surface area contributed by atoms with Crippen LogP contribution in [0.25, 0.3) is 6.08 Å². The molecular formula is C24H20N2O3S2. The summed E-state index contributed by atoms with van der Waals surface area (Å²) in [6, 6.07) is 22.9. The molecule has 31 heavy (non-hydrogen) atoms. The van der Waals surface area contributed by atoms with Crippen molar-refractivity contribution >= 4 is 51.9 Å². The highest BCUT2D eigenvalue weighted by Gasteiger charge is 2.32. The maximum Gasteiger partial charge on any atom is 0.266 e. The summed E-state index contributed by atoms with van der Waals surface area (Å²) >= 11 is 6.60. The second kappa shape index (κ2) is 9.76. The highest BCUT2D eigenvalue weighted by Crippen LogP contribution is 2.32. The van der Waals surface area contributed by atoms with E-state index in [1.807, 2.05) is 60.7 Å². The first-order chi connectivity index (χ1) is 15.1. The molecule has 2 heterocycles. The zero-order valence-corrected chi connectivity index (χ0v) is 18.3. The molecule has 0 aliphatic carbocycles. The molecule has 0 radical (unpaired) electrons. The Hall–Kier alpha value is -3.16. The summed E-state index contributed by atoms with van der Waals surface area (Å²) in [6.45, 7) is 0.692. The van der Waals surface area contributed by atoms with Gasteiger partial charge in [0.2, 0.25) is 5.91 Å². The molecule has 5 nitrogen and oxygen atoms in total. The number of furan rings is 1. The monoisotopic (exact) mass is 448 g/mol. The van der Waals surface area contributed by atoms with Crippen LogP contribution in [0.15, 0.2) is 88.4 Å². The van der Waals surface area contributed by atoms with Gasteiger partial charge in [-0.1, -0.05) is 72.5 Å². The third-order valence-corrected chi connectivity index (χ3v) is 6.17. The van der Waals surface area contributed by atoms with Crippen LogP contribution in [0.1, 0.15) is 17.7 Å². The van der Waals surface area contributed by atoms with Crippen molar-refractivity contribution in [1.29, 1.82) is 0 Å². The molecule has 4 rings (SSSR count). The molecule has 1 aliphatic rings. The number of thioether (sulfide) groups is 1. The Morgan fingerprint density at radius 1 is 1.03 bits per heavy atom. The molecule has 0 unspecified atom stereocenters. The number of anilines is 1. The van der Waals surface area contributed by atoms with E-state index in [0.29, 0.717) is 21.5 Å². The fraction of sp³-hybridized carbons (Fsp3) is 0.125. The van der Waals surface area contributed by atoms with Gasteiger partial charge in [-0.3, -0.25) is 14.5 Å². The van der Waals surface area contributed by atoms with Crippen LogP contribution in [0, 0.1) is 0 Å². The smallest absolute Gasteiger partial charge is 0.266 e. The Morgan fingerprint density at radius 3 is 2.42 bits per heavy atom. The van der Waals surface area contributed by atoms with Crippen LogP contribution in [-0.4, -0.2) is 27.6 Å². The second-order valence-corrected chi connectivity index (χ2v) is 8.58. The van der Waals surface area contributed by atoms with Crippen LogP contribution >= 0.6 is 24.0 Å². The Morgan fingerprint density at radius 2 is 1.74 bits per heavy atom. The molecule has 2 aromatic carbocycles. The van der Waals surface area contributed by atoms with Gasteiger partial charge in [0.15, 0.2) is 0 Å². The molecule has 0 atom stereocenters. The number of carbonyl (C=O) groups is 2. The molecule has 0 N–H and O–H groups in total. The Bertz CT molecular complexity index is 1100. The second-order valence-electron chi connectivity index (χ2n) is 6.90. The molecule has 2 amide bonds. The number of hydrogen-bond acceptors (Lipinski definition) is 5. The zero-order chi connectivity index (χ0) is 21.6. The molecular weight excluding hydrogens is 428 g/mol. The van der Waals surface area contributed by atoms with Crippen molar-refractivity contribution in [2.75, 3.05) is 11.4 Å². The lowest BCUT2D eigenvalue weighted by molar-refractivity contribution is -0.123. The highest BCUT2D eigenvalue weighted by atomic mass is 32.2. The third-order valence-electron chi connectivity index (χ3n) is 4.79. The fourth-order valence-electron chi connectivity index (χ4n) is 3.24. The normalized spacial score (nSPS) is 15.0. The molecule has 7 heteroatoms. The lowest BCUT2D eigenvalue weighted by Crippen LogP contribution is -2.36. The first-order valence-electron chi connectivity index (χ1n) is 9.80. The number of nitrogens with zero attached hydrogens (tertiary/aromatic N) is 2. The zero-order valence-electron chi connectivity index (χ0n) is 16.6. The van der Waals surface area contributed by atoms with Crippen molar-refractivity contribution < 1.29 is 14.0 Å². The van der Waals surface area contributed by atoms with Gasteiger partial charge in [0, 0.05) is 24.7 Å². The van der Waals surface area contributed by atoms with E-state index in [-0.39, 0.29) is 24.8 Å². The third kappa shape index (κ3) is 5.13. The average Bonchev–Trinajstić information content (AvgIpc) is 3.40. The Kier molecular flexibility index (Phi) is 6.64. The van der Waals surface area contributed by atoms with Crippen LogP contribution in [-0.2, 0) is 16.1 Å². The van der Waals surface area contributed by atoms with E-state index in [1.165, 1.54) is 16.7 Å². The van der Waals surface area contributed by atoms with Crippen molar-refractivity contribution in [2.45, 2.75) is 13.0 Å². The maximum atomic E-state index is 13.2. The van der Waals surface area contributed by atoms with E-state index >= 15 is 0 Å². The fourth-order valence-corrected chi connectivity index (χ4v) is 4.52. The first-order valence-corrected chi connectivity index (χ1v) is 11.0. The topological polar surface area (TPSA) is 53.8 Å². The summed E-state index contributed by atoms with van der Waals surface area (Å²) in [5.74, 6) is 0.322. The van der Waals surface area contributed by atoms with E-state index in [4.69, 9.17) is 16.6 Å². The summed E-state index contributed by atoms with van der Waals surface area (Å²) in [4.78, 5) is 29.7. The van der Waals surface area contributed by atoms with Gasteiger partial charge in [-0.2, -0.15) is 0 Å². The van der Waals surface area contributed by atoms with E-state index in [0.717, 1.165) is 11.3 Å². The van der Waals surface area contributed by atoms with E-state index < -0.39 is 0 Å². The summed E-state index contributed by atoms with van der Waals surface area (Å²) < 4.78 is 5.73. The van der Waals surface area contributed by atoms with Gasteiger partial charge in [-0.05, 0) is 29.8 Å². The van der Waals surface area contributed by atoms with Crippen molar-refractivity contribution in [1.82, 2.24) is 4.90 Å². The number of amides is 2. The number of thiocarbonyl (C=S) groups is 1. The van der Waals surface area contributed by atoms with Crippen molar-refractivity contribution in [3.05, 3.63) is 95.3 Å². The predicted molar refractivity (Wildman–Crippen MR) is 127 cm³/mol. The van der Waals surface area contributed by atoms with Crippen LogP contribution < -0.4 is 4.90 Å². The van der Waals surface area contributed by atoms with Gasteiger partial charge in [-0.25, -0.2) is 0 Å². The van der Waals surface area contributed by atoms with E-state index in [1.54, 1.807) is 29.4 Å². The van der Waals surface area contributed by atoms with Crippen LogP contribution in [0.5, 0.6) is 0 Å². The van der Waals surface area contributed by atoms with Crippen molar-refractivity contribution in [2.24, 2.45) is 0 Å². The van der Waals surface area contributed by atoms with E-state index in [9.17, 15) is 9.59 Å². The molecule has 1 aromatic heterocycles. The lowest BCUT2D eigenvalue weighted by Gasteiger charge is -2.24. The van der Waals surface area contributed by atoms with Crippen molar-refractivity contribution in [3.63, 3.8) is 0 Å². The summed E-state index contributed by atoms with van der Waals surface area (Å²) in [6.07, 6.45) is 3.39. The molecule has 3 aromatic rings. The minimum absolute atomic E-state index is 0.0703. The summed E-state index contributed by atoms with van der Waals surface area (Å²) in [7, 11) is 0. The first kappa shape index (κ1) is 21.1. The Balaban J connectivity index is 1.46. The maximum absolute atomic E-state index is 13.2. The van der Waals surface area contributed by atoms with Gasteiger partial charge < -0.3 is 9.32 Å². The minimum Gasteiger partial charge on any atom is -0.465 e.